The maximum absolute atomic E-state index is 12.2. The summed E-state index contributed by atoms with van der Waals surface area (Å²) in [4.78, 5) is 48.1. The van der Waals surface area contributed by atoms with E-state index in [4.69, 9.17) is 20.9 Å². The van der Waals surface area contributed by atoms with Gasteiger partial charge in [0, 0.05) is 19.5 Å². The van der Waals surface area contributed by atoms with Crippen LogP contribution in [0.5, 0.6) is 0 Å². The Bertz CT molecular complexity index is 711. The lowest BCUT2D eigenvalue weighted by molar-refractivity contribution is -0.136. The number of ether oxygens (including phenoxy) is 2. The molecule has 0 spiro atoms. The fourth-order valence-corrected chi connectivity index (χ4v) is 2.91. The van der Waals surface area contributed by atoms with Gasteiger partial charge in [-0.05, 0) is 18.6 Å². The van der Waals surface area contributed by atoms with Gasteiger partial charge in [-0.3, -0.25) is 29.4 Å². The van der Waals surface area contributed by atoms with Crippen LogP contribution in [-0.2, 0) is 19.1 Å². The van der Waals surface area contributed by atoms with Crippen LogP contribution in [0.2, 0.25) is 0 Å². The monoisotopic (exact) mass is 406 g/mol. The van der Waals surface area contributed by atoms with Crippen molar-refractivity contribution in [1.82, 2.24) is 10.2 Å². The van der Waals surface area contributed by atoms with E-state index in [1.54, 1.807) is 24.3 Å². The zero-order chi connectivity index (χ0) is 21.2. The van der Waals surface area contributed by atoms with Crippen molar-refractivity contribution in [2.75, 3.05) is 39.5 Å². The van der Waals surface area contributed by atoms with Gasteiger partial charge in [0.05, 0.1) is 37.6 Å². The average molecular weight is 406 g/mol. The molecule has 2 heterocycles. The second kappa shape index (κ2) is 11.4. The van der Waals surface area contributed by atoms with Crippen molar-refractivity contribution in [2.45, 2.75) is 18.9 Å². The van der Waals surface area contributed by atoms with Crippen molar-refractivity contribution in [1.29, 1.82) is 0 Å². The van der Waals surface area contributed by atoms with Crippen LogP contribution in [0.4, 0.5) is 0 Å². The quantitative estimate of drug-likeness (QED) is 0.368. The normalized spacial score (nSPS) is 18.3. The lowest BCUT2D eigenvalue weighted by atomic mass is 10.0. The highest BCUT2D eigenvalue weighted by atomic mass is 16.5. The molecule has 0 radical (unpaired) electrons. The van der Waals surface area contributed by atoms with Crippen LogP contribution < -0.4 is 16.8 Å². The smallest absolute Gasteiger partial charge is 0.262 e. The van der Waals surface area contributed by atoms with Gasteiger partial charge in [0.1, 0.15) is 6.04 Å². The van der Waals surface area contributed by atoms with E-state index in [1.165, 1.54) is 0 Å². The Hall–Kier alpha value is -2.66. The molecule has 2 aliphatic heterocycles. The predicted molar refractivity (Wildman–Crippen MR) is 103 cm³/mol. The number of benzene rings is 1. The number of fused-ring (bicyclic) bond motifs is 1. The molecule has 158 valence electrons. The van der Waals surface area contributed by atoms with Crippen molar-refractivity contribution in [3.63, 3.8) is 0 Å². The Balaban J connectivity index is 0.000000257. The lowest BCUT2D eigenvalue weighted by Crippen LogP contribution is -2.54. The van der Waals surface area contributed by atoms with Gasteiger partial charge in [0.2, 0.25) is 11.8 Å². The van der Waals surface area contributed by atoms with E-state index in [1.807, 2.05) is 0 Å². The van der Waals surface area contributed by atoms with Crippen molar-refractivity contribution in [3.05, 3.63) is 35.4 Å². The Morgan fingerprint density at radius 3 is 1.86 bits per heavy atom. The number of nitrogens with two attached hydrogens (primary N) is 2. The minimum absolute atomic E-state index is 0.129. The van der Waals surface area contributed by atoms with E-state index in [0.717, 1.165) is 4.90 Å². The van der Waals surface area contributed by atoms with Gasteiger partial charge in [-0.15, -0.1) is 0 Å². The van der Waals surface area contributed by atoms with E-state index in [-0.39, 0.29) is 18.7 Å². The minimum Gasteiger partial charge on any atom is -0.378 e. The summed E-state index contributed by atoms with van der Waals surface area (Å²) in [6, 6.07) is 5.55. The highest BCUT2D eigenvalue weighted by Gasteiger charge is 2.44. The third kappa shape index (κ3) is 5.91. The summed E-state index contributed by atoms with van der Waals surface area (Å²) in [5.74, 6) is -1.92. The van der Waals surface area contributed by atoms with E-state index >= 15 is 0 Å². The summed E-state index contributed by atoms with van der Waals surface area (Å²) in [5, 5.41) is 2.15. The van der Waals surface area contributed by atoms with Crippen LogP contribution in [-0.4, -0.2) is 74.1 Å². The summed E-state index contributed by atoms with van der Waals surface area (Å²) in [7, 11) is 0. The second-order valence-corrected chi connectivity index (χ2v) is 6.29. The van der Waals surface area contributed by atoms with Crippen LogP contribution in [0.1, 0.15) is 33.6 Å². The van der Waals surface area contributed by atoms with Crippen LogP contribution >= 0.6 is 0 Å². The first-order chi connectivity index (χ1) is 14.0. The van der Waals surface area contributed by atoms with Gasteiger partial charge >= 0.3 is 0 Å². The molecule has 2 aliphatic rings. The Labute approximate surface area is 168 Å². The molecule has 0 bridgehead atoms. The highest BCUT2D eigenvalue weighted by Crippen LogP contribution is 2.26. The van der Waals surface area contributed by atoms with Gasteiger partial charge < -0.3 is 20.9 Å². The molecule has 3 rings (SSSR count). The zero-order valence-corrected chi connectivity index (χ0v) is 16.1. The Morgan fingerprint density at radius 1 is 0.897 bits per heavy atom. The van der Waals surface area contributed by atoms with Gasteiger partial charge in [-0.2, -0.15) is 0 Å². The Morgan fingerprint density at radius 2 is 1.41 bits per heavy atom. The fourth-order valence-electron chi connectivity index (χ4n) is 2.91. The van der Waals surface area contributed by atoms with Crippen molar-refractivity contribution >= 4 is 23.6 Å². The summed E-state index contributed by atoms with van der Waals surface area (Å²) in [6.07, 6.45) is 0.306. The topological polar surface area (TPSA) is 154 Å². The fraction of sp³-hybridized carbons (Fsp3) is 0.474. The molecule has 4 amide bonds. The average Bonchev–Trinajstić information content (AvgIpc) is 2.96. The van der Waals surface area contributed by atoms with Crippen LogP contribution in [0.3, 0.4) is 0 Å². The molecule has 1 unspecified atom stereocenters. The predicted octanol–water partition coefficient (Wildman–Crippen LogP) is -0.975. The maximum Gasteiger partial charge on any atom is 0.262 e. The van der Waals surface area contributed by atoms with Crippen molar-refractivity contribution in [3.8, 4) is 0 Å². The molecule has 29 heavy (non-hydrogen) atoms. The number of carbonyl (C=O) groups excluding carboxylic acids is 4. The van der Waals surface area contributed by atoms with E-state index < -0.39 is 23.8 Å². The van der Waals surface area contributed by atoms with Gasteiger partial charge in [0.15, 0.2) is 0 Å². The van der Waals surface area contributed by atoms with Crippen molar-refractivity contribution in [2.24, 2.45) is 11.5 Å². The van der Waals surface area contributed by atoms with E-state index in [2.05, 4.69) is 5.32 Å². The standard InChI is InChI=1S/C13H10N2O4.C6H16N2O2/c16-10-6-5-9(11(17)14-10)15-12(18)7-3-1-2-4-8(7)13(15)19;7-1-3-9-5-6-10-4-2-8/h1-4,9H,5-6H2,(H,14,16,17);1-8H2. The molecule has 1 aromatic carbocycles. The Kier molecular flexibility index (Phi) is 8.87. The molecule has 5 N–H and O–H groups in total. The third-order valence-electron chi connectivity index (χ3n) is 4.24. The molecule has 0 aromatic heterocycles. The SMILES string of the molecule is NCCOCCOCCN.O=C1CCC(N2C(=O)c3ccccc3C2=O)C(=O)N1. The minimum atomic E-state index is -0.898. The number of hydrogen-bond donors (Lipinski definition) is 3. The molecule has 10 heteroatoms. The molecule has 1 fully saturated rings. The molecule has 1 saturated heterocycles. The summed E-state index contributed by atoms with van der Waals surface area (Å²) in [5.41, 5.74) is 11.0. The summed E-state index contributed by atoms with van der Waals surface area (Å²) in [6.45, 7) is 3.56. The number of piperidine rings is 1. The van der Waals surface area contributed by atoms with Crippen LogP contribution in [0, 0.1) is 0 Å². The van der Waals surface area contributed by atoms with Crippen LogP contribution in [0.25, 0.3) is 0 Å². The highest BCUT2D eigenvalue weighted by molar-refractivity contribution is 6.23. The van der Waals surface area contributed by atoms with Gasteiger partial charge in [-0.25, -0.2) is 0 Å². The lowest BCUT2D eigenvalue weighted by Gasteiger charge is -2.27. The maximum atomic E-state index is 12.2. The molecule has 0 aliphatic carbocycles. The summed E-state index contributed by atoms with van der Waals surface area (Å²) >= 11 is 0. The first-order valence-electron chi connectivity index (χ1n) is 9.37. The number of nitrogens with zero attached hydrogens (tertiary/aromatic N) is 1. The largest absolute Gasteiger partial charge is 0.378 e. The summed E-state index contributed by atoms with van der Waals surface area (Å²) < 4.78 is 10.1. The van der Waals surface area contributed by atoms with Gasteiger partial charge in [-0.1, -0.05) is 12.1 Å². The second-order valence-electron chi connectivity index (χ2n) is 6.29. The molecule has 0 saturated carbocycles. The van der Waals surface area contributed by atoms with Crippen LogP contribution in [0.15, 0.2) is 24.3 Å². The van der Waals surface area contributed by atoms with Crippen molar-refractivity contribution < 1.29 is 28.7 Å². The first kappa shape index (κ1) is 22.6. The number of rotatable bonds is 8. The molecule has 1 aromatic rings. The molecule has 10 nitrogen and oxygen atoms in total. The van der Waals surface area contributed by atoms with E-state index in [9.17, 15) is 19.2 Å². The zero-order valence-electron chi connectivity index (χ0n) is 16.1. The molecular formula is C19H26N4O6. The van der Waals surface area contributed by atoms with E-state index in [0.29, 0.717) is 50.6 Å². The first-order valence-corrected chi connectivity index (χ1v) is 9.37. The number of carbonyl (C=O) groups is 4. The molecular weight excluding hydrogens is 380 g/mol. The molecule has 1 atom stereocenters. The number of imide groups is 2. The van der Waals surface area contributed by atoms with Gasteiger partial charge in [0.25, 0.3) is 11.8 Å². The third-order valence-corrected chi connectivity index (χ3v) is 4.24. The number of nitrogens with one attached hydrogen (secondary N) is 1. The number of hydrogen-bond acceptors (Lipinski definition) is 8. The number of amides is 4.